The van der Waals surface area contributed by atoms with E-state index in [0.29, 0.717) is 5.56 Å². The molecule has 0 aromatic heterocycles. The number of hydrogen-bond acceptors (Lipinski definition) is 2. The lowest BCUT2D eigenvalue weighted by atomic mass is 9.97. The van der Waals surface area contributed by atoms with Gasteiger partial charge in [0.1, 0.15) is 5.82 Å². The van der Waals surface area contributed by atoms with Crippen LogP contribution in [0, 0.1) is 11.6 Å². The monoisotopic (exact) mass is 495 g/mol. The van der Waals surface area contributed by atoms with E-state index in [1.807, 2.05) is 45.9 Å². The van der Waals surface area contributed by atoms with Crippen molar-refractivity contribution in [3.8, 4) is 11.1 Å². The van der Waals surface area contributed by atoms with Crippen LogP contribution in [-0.4, -0.2) is 7.05 Å². The number of allylic oxidation sites excluding steroid dienone is 8. The minimum absolute atomic E-state index is 0.0330. The second-order valence-corrected chi connectivity index (χ2v) is 8.26. The Labute approximate surface area is 216 Å². The Hall–Kier alpha value is -3.11. The van der Waals surface area contributed by atoms with E-state index in [-0.39, 0.29) is 11.3 Å². The molecular weight excluding hydrogens is 456 g/mol. The highest BCUT2D eigenvalue weighted by Crippen LogP contribution is 2.31. The maximum Gasteiger partial charge on any atom is 0.157 e. The number of halogens is 2. The second kappa shape index (κ2) is 17.3. The van der Waals surface area contributed by atoms with E-state index in [1.165, 1.54) is 12.1 Å². The third kappa shape index (κ3) is 11.7. The van der Waals surface area contributed by atoms with Gasteiger partial charge in [-0.1, -0.05) is 86.4 Å². The van der Waals surface area contributed by atoms with Gasteiger partial charge >= 0.3 is 0 Å². The number of thiol groups is 1. The van der Waals surface area contributed by atoms with Gasteiger partial charge in [0, 0.05) is 7.05 Å². The molecule has 188 valence electrons. The van der Waals surface area contributed by atoms with Crippen LogP contribution in [0.1, 0.15) is 46.6 Å². The fourth-order valence-electron chi connectivity index (χ4n) is 2.65. The standard InChI is InChI=1S/C18H17F2N.C8H12S.C5H10/c1-11(2)12(3)13-5-7-14(8-6-13)17-15(19)9-10-16(21-4)18(17)20;1-4-8(9)6-5-7(2)3;1-3-5-4-2/h5-10,21H,1,3H2,2,4H3;4-6,9H,2H2,1,3H3;3,5H,4H2,1-2H3/b;6-5-,8-4+;5-3-. The van der Waals surface area contributed by atoms with Crippen molar-refractivity contribution in [2.24, 2.45) is 0 Å². The van der Waals surface area contributed by atoms with Gasteiger partial charge in [0.15, 0.2) is 5.82 Å². The topological polar surface area (TPSA) is 12.0 Å². The Kier molecular flexibility index (Phi) is 15.8. The first-order valence-electron chi connectivity index (χ1n) is 11.4. The molecule has 1 N–H and O–H groups in total. The number of hydrogen-bond donors (Lipinski definition) is 2. The van der Waals surface area contributed by atoms with Crippen molar-refractivity contribution in [2.45, 2.75) is 41.0 Å². The summed E-state index contributed by atoms with van der Waals surface area (Å²) in [6.45, 7) is 21.4. The SMILES string of the molecule is C/C=C\CC.C=C(C)/C=C\C(S)=C/C.C=C(C)C(=C)c1ccc(-c2c(F)ccc(NC)c2F)cc1. The van der Waals surface area contributed by atoms with Crippen LogP contribution in [0.5, 0.6) is 0 Å². The first-order chi connectivity index (χ1) is 16.5. The van der Waals surface area contributed by atoms with E-state index in [0.717, 1.165) is 33.6 Å². The fourth-order valence-corrected chi connectivity index (χ4v) is 2.73. The van der Waals surface area contributed by atoms with Gasteiger partial charge in [0.25, 0.3) is 0 Å². The largest absolute Gasteiger partial charge is 0.386 e. The summed E-state index contributed by atoms with van der Waals surface area (Å²) in [5, 5.41) is 2.71. The molecule has 2 aromatic carbocycles. The number of anilines is 1. The lowest BCUT2D eigenvalue weighted by molar-refractivity contribution is 0.592. The maximum atomic E-state index is 14.3. The van der Waals surface area contributed by atoms with Crippen LogP contribution in [0.15, 0.2) is 103 Å². The average molecular weight is 496 g/mol. The Morgan fingerprint density at radius 1 is 0.971 bits per heavy atom. The highest BCUT2D eigenvalue weighted by Gasteiger charge is 2.15. The van der Waals surface area contributed by atoms with Crippen LogP contribution in [0.4, 0.5) is 14.5 Å². The van der Waals surface area contributed by atoms with Crippen molar-refractivity contribution < 1.29 is 8.78 Å². The van der Waals surface area contributed by atoms with Crippen LogP contribution >= 0.6 is 12.6 Å². The molecule has 0 saturated carbocycles. The molecule has 0 fully saturated rings. The molecule has 0 atom stereocenters. The zero-order valence-corrected chi connectivity index (χ0v) is 22.8. The molecule has 35 heavy (non-hydrogen) atoms. The van der Waals surface area contributed by atoms with Gasteiger partial charge in [0.2, 0.25) is 0 Å². The first-order valence-corrected chi connectivity index (χ1v) is 11.9. The molecule has 0 bridgehead atoms. The summed E-state index contributed by atoms with van der Waals surface area (Å²) in [5.41, 5.74) is 4.32. The predicted molar refractivity (Wildman–Crippen MR) is 157 cm³/mol. The van der Waals surface area contributed by atoms with Crippen molar-refractivity contribution in [3.63, 3.8) is 0 Å². The molecule has 2 rings (SSSR count). The predicted octanol–water partition coefficient (Wildman–Crippen LogP) is 10.2. The second-order valence-electron chi connectivity index (χ2n) is 7.74. The van der Waals surface area contributed by atoms with E-state index in [2.05, 4.69) is 56.8 Å². The molecule has 0 aliphatic heterocycles. The number of rotatable bonds is 7. The van der Waals surface area contributed by atoms with Gasteiger partial charge in [-0.25, -0.2) is 8.78 Å². The molecule has 0 aliphatic carbocycles. The minimum atomic E-state index is -0.594. The average Bonchev–Trinajstić information content (AvgIpc) is 2.84. The van der Waals surface area contributed by atoms with Crippen LogP contribution in [-0.2, 0) is 0 Å². The van der Waals surface area contributed by atoms with Crippen molar-refractivity contribution in [1.82, 2.24) is 0 Å². The van der Waals surface area contributed by atoms with Crippen molar-refractivity contribution in [2.75, 3.05) is 12.4 Å². The zero-order valence-electron chi connectivity index (χ0n) is 21.9. The van der Waals surface area contributed by atoms with Gasteiger partial charge in [-0.2, -0.15) is 0 Å². The smallest absolute Gasteiger partial charge is 0.157 e. The minimum Gasteiger partial charge on any atom is -0.386 e. The molecule has 1 nitrogen and oxygen atoms in total. The third-order valence-electron chi connectivity index (χ3n) is 4.70. The number of benzene rings is 2. The summed E-state index contributed by atoms with van der Waals surface area (Å²) in [6, 6.07) is 9.58. The third-order valence-corrected chi connectivity index (χ3v) is 5.11. The summed E-state index contributed by atoms with van der Waals surface area (Å²) < 4.78 is 28.2. The Balaban J connectivity index is 0.000000684. The highest BCUT2D eigenvalue weighted by molar-refractivity contribution is 7.84. The summed E-state index contributed by atoms with van der Waals surface area (Å²) >= 11 is 4.14. The maximum absolute atomic E-state index is 14.3. The lowest BCUT2D eigenvalue weighted by Gasteiger charge is -2.11. The normalized spacial score (nSPS) is 10.8. The summed E-state index contributed by atoms with van der Waals surface area (Å²) in [7, 11) is 1.60. The molecule has 0 saturated heterocycles. The number of nitrogens with one attached hydrogen (secondary N) is 1. The van der Waals surface area contributed by atoms with Gasteiger partial charge < -0.3 is 5.32 Å². The Bertz CT molecular complexity index is 1070. The molecule has 0 aliphatic rings. The Morgan fingerprint density at radius 3 is 1.97 bits per heavy atom. The fraction of sp³-hybridized carbons (Fsp3) is 0.226. The van der Waals surface area contributed by atoms with Gasteiger partial charge in [-0.3, -0.25) is 0 Å². The van der Waals surface area contributed by atoms with Crippen LogP contribution in [0.2, 0.25) is 0 Å². The van der Waals surface area contributed by atoms with E-state index < -0.39 is 11.6 Å². The van der Waals surface area contributed by atoms with E-state index in [1.54, 1.807) is 31.3 Å². The van der Waals surface area contributed by atoms with Gasteiger partial charge in [-0.15, -0.1) is 12.6 Å². The van der Waals surface area contributed by atoms with Crippen molar-refractivity contribution in [3.05, 3.63) is 120 Å². The van der Waals surface area contributed by atoms with Crippen LogP contribution in [0.25, 0.3) is 16.7 Å². The van der Waals surface area contributed by atoms with Crippen LogP contribution < -0.4 is 5.32 Å². The lowest BCUT2D eigenvalue weighted by Crippen LogP contribution is -1.97. The molecule has 0 radical (unpaired) electrons. The zero-order chi connectivity index (χ0) is 27.0. The highest BCUT2D eigenvalue weighted by atomic mass is 32.1. The quantitative estimate of drug-likeness (QED) is 0.221. The molecule has 0 spiro atoms. The molecule has 4 heteroatoms. The molecular formula is C31H39F2NS. The van der Waals surface area contributed by atoms with E-state index in [4.69, 9.17) is 0 Å². The summed E-state index contributed by atoms with van der Waals surface area (Å²) in [5.74, 6) is -1.18. The molecule has 0 unspecified atom stereocenters. The van der Waals surface area contributed by atoms with E-state index in [9.17, 15) is 8.78 Å². The van der Waals surface area contributed by atoms with Gasteiger partial charge in [0.05, 0.1) is 11.3 Å². The first kappa shape index (κ1) is 31.9. The molecule has 0 amide bonds. The van der Waals surface area contributed by atoms with Crippen molar-refractivity contribution in [1.29, 1.82) is 0 Å². The Morgan fingerprint density at radius 2 is 1.57 bits per heavy atom. The summed E-state index contributed by atoms with van der Waals surface area (Å²) in [4.78, 5) is 0.970. The summed E-state index contributed by atoms with van der Waals surface area (Å²) in [6.07, 6.45) is 11.1. The van der Waals surface area contributed by atoms with Gasteiger partial charge in [-0.05, 0) is 73.9 Å². The molecule has 0 heterocycles. The van der Waals surface area contributed by atoms with Crippen LogP contribution in [0.3, 0.4) is 0 Å². The van der Waals surface area contributed by atoms with Crippen molar-refractivity contribution >= 4 is 23.9 Å². The van der Waals surface area contributed by atoms with E-state index >= 15 is 0 Å². The molecule has 2 aromatic rings.